The Hall–Kier alpha value is -2.11. The minimum atomic E-state index is -0.307. The first-order valence-electron chi connectivity index (χ1n) is 5.69. The summed E-state index contributed by atoms with van der Waals surface area (Å²) in [5, 5.41) is 17.5. The number of hydrogen-bond donors (Lipinski definition) is 4. The smallest absolute Gasteiger partial charge is 0.202 e. The van der Waals surface area contributed by atoms with Gasteiger partial charge in [0.05, 0.1) is 0 Å². The molecule has 0 radical (unpaired) electrons. The largest absolute Gasteiger partial charge is 0.370 e. The van der Waals surface area contributed by atoms with E-state index >= 15 is 0 Å². The van der Waals surface area contributed by atoms with Crippen LogP contribution in [0.5, 0.6) is 0 Å². The summed E-state index contributed by atoms with van der Waals surface area (Å²) in [5.41, 5.74) is 6.68. The normalized spacial score (nSPS) is 9.94. The Labute approximate surface area is 106 Å². The molecule has 1 rings (SSSR count). The predicted octanol–water partition coefficient (Wildman–Crippen LogP) is 1.77. The van der Waals surface area contributed by atoms with Crippen molar-refractivity contribution < 1.29 is 4.39 Å². The molecule has 0 spiro atoms. The Morgan fingerprint density at radius 1 is 1.44 bits per heavy atom. The third-order valence-corrected chi connectivity index (χ3v) is 2.42. The predicted molar refractivity (Wildman–Crippen MR) is 71.6 cm³/mol. The first-order chi connectivity index (χ1) is 8.45. The van der Waals surface area contributed by atoms with Gasteiger partial charge < -0.3 is 10.6 Å². The number of rotatable bonds is 3. The fourth-order valence-corrected chi connectivity index (χ4v) is 1.69. The lowest BCUT2D eigenvalue weighted by Gasteiger charge is -2.26. The van der Waals surface area contributed by atoms with Gasteiger partial charge in [0.2, 0.25) is 5.96 Å². The highest BCUT2D eigenvalue weighted by molar-refractivity contribution is 6.03. The molecule has 0 aliphatic heterocycles. The first kappa shape index (κ1) is 14.0. The molecule has 0 aromatic heterocycles. The van der Waals surface area contributed by atoms with E-state index in [0.717, 1.165) is 17.7 Å². The van der Waals surface area contributed by atoms with Gasteiger partial charge in [-0.05, 0) is 37.1 Å². The van der Waals surface area contributed by atoms with Crippen LogP contribution < -0.4 is 16.0 Å². The molecule has 0 heterocycles. The second-order valence-electron chi connectivity index (χ2n) is 3.97. The van der Waals surface area contributed by atoms with E-state index in [-0.39, 0.29) is 17.7 Å². The van der Waals surface area contributed by atoms with Crippen LogP contribution in [0.2, 0.25) is 0 Å². The molecule has 0 unspecified atom stereocenters. The van der Waals surface area contributed by atoms with Crippen LogP contribution in [-0.4, -0.2) is 18.5 Å². The van der Waals surface area contributed by atoms with E-state index in [2.05, 4.69) is 5.32 Å². The number of benzene rings is 1. The van der Waals surface area contributed by atoms with Gasteiger partial charge in [-0.25, -0.2) is 4.39 Å². The average molecular weight is 251 g/mol. The fraction of sp³-hybridized carbons (Fsp3) is 0.333. The number of hydrogen-bond acceptors (Lipinski definition) is 2. The maximum atomic E-state index is 13.1. The summed E-state index contributed by atoms with van der Waals surface area (Å²) in [6.45, 7) is 4.35. The molecule has 0 fully saturated rings. The van der Waals surface area contributed by atoms with Crippen molar-refractivity contribution in [3.05, 3.63) is 29.6 Å². The van der Waals surface area contributed by atoms with Gasteiger partial charge in [-0.3, -0.25) is 16.1 Å². The summed E-state index contributed by atoms with van der Waals surface area (Å²) in [7, 11) is 0. The van der Waals surface area contributed by atoms with Crippen molar-refractivity contribution in [2.75, 3.05) is 11.4 Å². The molecule has 0 aliphatic rings. The zero-order chi connectivity index (χ0) is 13.7. The maximum Gasteiger partial charge on any atom is 0.202 e. The topological polar surface area (TPSA) is 89.0 Å². The van der Waals surface area contributed by atoms with Crippen molar-refractivity contribution in [1.29, 1.82) is 10.8 Å². The van der Waals surface area contributed by atoms with Crippen molar-refractivity contribution >= 4 is 17.6 Å². The summed E-state index contributed by atoms with van der Waals surface area (Å²) < 4.78 is 13.1. The van der Waals surface area contributed by atoms with Gasteiger partial charge in [0.15, 0.2) is 5.96 Å². The number of guanidine groups is 2. The minimum Gasteiger partial charge on any atom is -0.370 e. The van der Waals surface area contributed by atoms with Crippen LogP contribution in [0.25, 0.3) is 0 Å². The molecule has 1 aromatic carbocycles. The number of halogens is 1. The third kappa shape index (κ3) is 3.44. The van der Waals surface area contributed by atoms with Gasteiger partial charge in [-0.1, -0.05) is 6.92 Å². The van der Waals surface area contributed by atoms with Crippen molar-refractivity contribution in [2.45, 2.75) is 20.3 Å². The lowest BCUT2D eigenvalue weighted by Crippen LogP contribution is -2.46. The van der Waals surface area contributed by atoms with Crippen LogP contribution in [0.15, 0.2) is 18.2 Å². The first-order valence-corrected chi connectivity index (χ1v) is 5.69. The van der Waals surface area contributed by atoms with Crippen LogP contribution in [-0.2, 0) is 0 Å². The number of nitrogens with two attached hydrogens (primary N) is 1. The molecular weight excluding hydrogens is 233 g/mol. The van der Waals surface area contributed by atoms with Gasteiger partial charge in [-0.15, -0.1) is 0 Å². The van der Waals surface area contributed by atoms with Crippen molar-refractivity contribution in [3.63, 3.8) is 0 Å². The summed E-state index contributed by atoms with van der Waals surface area (Å²) in [5.74, 6) is -0.585. The average Bonchev–Trinajstić information content (AvgIpc) is 2.25. The highest BCUT2D eigenvalue weighted by Crippen LogP contribution is 2.21. The quantitative estimate of drug-likeness (QED) is 0.487. The van der Waals surface area contributed by atoms with Gasteiger partial charge in [0.25, 0.3) is 0 Å². The minimum absolute atomic E-state index is 0.0130. The molecule has 0 atom stereocenters. The fourth-order valence-electron chi connectivity index (χ4n) is 1.69. The number of nitrogens with one attached hydrogen (secondary N) is 3. The van der Waals surface area contributed by atoms with E-state index < -0.39 is 0 Å². The Balaban J connectivity index is 3.03. The third-order valence-electron chi connectivity index (χ3n) is 2.42. The standard InChI is InChI=1S/C12H18FN5/c1-3-6-18(12(16)17-11(14)15)10-5-4-9(13)7-8(10)2/h4-5,7H,3,6H2,1-2H3,(H5,14,15,16,17). The second-order valence-corrected chi connectivity index (χ2v) is 3.97. The van der Waals surface area contributed by atoms with Crippen molar-refractivity contribution in [2.24, 2.45) is 5.73 Å². The van der Waals surface area contributed by atoms with Crippen LogP contribution >= 0.6 is 0 Å². The van der Waals surface area contributed by atoms with Crippen LogP contribution in [0.4, 0.5) is 10.1 Å². The molecule has 18 heavy (non-hydrogen) atoms. The summed E-state index contributed by atoms with van der Waals surface area (Å²) in [4.78, 5) is 1.66. The van der Waals surface area contributed by atoms with E-state index in [1.54, 1.807) is 17.9 Å². The van der Waals surface area contributed by atoms with Gasteiger partial charge >= 0.3 is 0 Å². The lowest BCUT2D eigenvalue weighted by molar-refractivity contribution is 0.626. The molecule has 0 aliphatic carbocycles. The van der Waals surface area contributed by atoms with Gasteiger partial charge in [0, 0.05) is 12.2 Å². The van der Waals surface area contributed by atoms with Crippen LogP contribution in [0, 0.1) is 23.6 Å². The second kappa shape index (κ2) is 6.00. The number of aryl methyl sites for hydroxylation is 1. The number of nitrogens with zero attached hydrogens (tertiary/aromatic N) is 1. The van der Waals surface area contributed by atoms with E-state index in [1.807, 2.05) is 6.92 Å². The highest BCUT2D eigenvalue weighted by Gasteiger charge is 2.14. The molecule has 1 aromatic rings. The molecule has 0 saturated heterocycles. The zero-order valence-corrected chi connectivity index (χ0v) is 10.5. The van der Waals surface area contributed by atoms with Gasteiger partial charge in [-0.2, -0.15) is 0 Å². The van der Waals surface area contributed by atoms with E-state index in [9.17, 15) is 4.39 Å². The Morgan fingerprint density at radius 3 is 2.61 bits per heavy atom. The lowest BCUT2D eigenvalue weighted by atomic mass is 10.1. The summed E-state index contributed by atoms with van der Waals surface area (Å²) in [6.07, 6.45) is 0.818. The molecule has 6 heteroatoms. The van der Waals surface area contributed by atoms with Crippen LogP contribution in [0.1, 0.15) is 18.9 Å². The SMILES string of the molecule is CCCN(C(=N)NC(=N)N)c1ccc(F)cc1C. The Morgan fingerprint density at radius 2 is 2.11 bits per heavy atom. The molecule has 5 nitrogen and oxygen atoms in total. The zero-order valence-electron chi connectivity index (χ0n) is 10.5. The van der Waals surface area contributed by atoms with Gasteiger partial charge in [0.1, 0.15) is 5.82 Å². The van der Waals surface area contributed by atoms with E-state index in [0.29, 0.717) is 6.54 Å². The molecule has 0 saturated carbocycles. The maximum absolute atomic E-state index is 13.1. The summed E-state index contributed by atoms with van der Waals surface area (Å²) >= 11 is 0. The molecule has 98 valence electrons. The molecule has 5 N–H and O–H groups in total. The molecular formula is C12H18FN5. The van der Waals surface area contributed by atoms with Crippen LogP contribution in [0.3, 0.4) is 0 Å². The monoisotopic (exact) mass is 251 g/mol. The molecule has 0 amide bonds. The van der Waals surface area contributed by atoms with E-state index in [1.165, 1.54) is 12.1 Å². The summed E-state index contributed by atoms with van der Waals surface area (Å²) in [6, 6.07) is 4.39. The van der Waals surface area contributed by atoms with Crippen molar-refractivity contribution in [1.82, 2.24) is 5.32 Å². The molecule has 0 bridgehead atoms. The van der Waals surface area contributed by atoms with E-state index in [4.69, 9.17) is 16.6 Å². The highest BCUT2D eigenvalue weighted by atomic mass is 19.1. The Bertz CT molecular complexity index is 458. The number of anilines is 1. The Kier molecular flexibility index (Phi) is 4.65. The van der Waals surface area contributed by atoms with Crippen molar-refractivity contribution in [3.8, 4) is 0 Å².